The van der Waals surface area contributed by atoms with Crippen LogP contribution < -0.4 is 5.73 Å². The molecule has 0 saturated heterocycles. The van der Waals surface area contributed by atoms with Crippen molar-refractivity contribution < 1.29 is 4.79 Å². The molecule has 1 aromatic rings. The second-order valence-electron chi connectivity index (χ2n) is 2.17. The van der Waals surface area contributed by atoms with E-state index in [2.05, 4.69) is 0 Å². The fraction of sp³-hybridized carbons (Fsp3) is 0.125. The molecule has 0 amide bonds. The van der Waals surface area contributed by atoms with Gasteiger partial charge in [0.15, 0.2) is 0 Å². The SMILES string of the molecule is Cc1cc([C]=O)ccc1N. The molecule has 51 valence electrons. The highest BCUT2D eigenvalue weighted by Crippen LogP contribution is 2.10. The fourth-order valence-corrected chi connectivity index (χ4v) is 0.739. The van der Waals surface area contributed by atoms with E-state index in [0.717, 1.165) is 5.56 Å². The highest BCUT2D eigenvalue weighted by atomic mass is 16.1. The first-order valence-electron chi connectivity index (χ1n) is 2.98. The number of hydrogen-bond donors (Lipinski definition) is 1. The lowest BCUT2D eigenvalue weighted by Crippen LogP contribution is -1.90. The van der Waals surface area contributed by atoms with Crippen molar-refractivity contribution in [2.24, 2.45) is 0 Å². The number of nitrogens with two attached hydrogens (primary N) is 1. The molecule has 1 aromatic carbocycles. The smallest absolute Gasteiger partial charge is 0.233 e. The molecule has 0 aromatic heterocycles. The van der Waals surface area contributed by atoms with E-state index < -0.39 is 0 Å². The Morgan fingerprint density at radius 3 is 2.70 bits per heavy atom. The van der Waals surface area contributed by atoms with Gasteiger partial charge in [0.1, 0.15) is 0 Å². The quantitative estimate of drug-likeness (QED) is 0.583. The first kappa shape index (κ1) is 6.81. The molecule has 2 nitrogen and oxygen atoms in total. The average Bonchev–Trinajstić information content (AvgIpc) is 1.95. The van der Waals surface area contributed by atoms with Crippen LogP contribution in [0.5, 0.6) is 0 Å². The third kappa shape index (κ3) is 1.16. The summed E-state index contributed by atoms with van der Waals surface area (Å²) in [7, 11) is 0. The second-order valence-corrected chi connectivity index (χ2v) is 2.17. The summed E-state index contributed by atoms with van der Waals surface area (Å²) in [6.07, 6.45) is 1.79. The van der Waals surface area contributed by atoms with Gasteiger partial charge in [-0.1, -0.05) is 0 Å². The van der Waals surface area contributed by atoms with Crippen molar-refractivity contribution in [3.63, 3.8) is 0 Å². The third-order valence-corrected chi connectivity index (χ3v) is 1.39. The standard InChI is InChI=1S/C8H8NO/c1-6-4-7(5-10)2-3-8(6)9/h2-4H,9H2,1H3. The highest BCUT2D eigenvalue weighted by molar-refractivity contribution is 5.76. The zero-order valence-corrected chi connectivity index (χ0v) is 5.72. The van der Waals surface area contributed by atoms with Crippen molar-refractivity contribution in [2.75, 3.05) is 5.73 Å². The van der Waals surface area contributed by atoms with E-state index in [-0.39, 0.29) is 0 Å². The predicted octanol–water partition coefficient (Wildman–Crippen LogP) is 1.04. The van der Waals surface area contributed by atoms with Crippen LogP contribution in [0.2, 0.25) is 0 Å². The van der Waals surface area contributed by atoms with Crippen LogP contribution in [0.1, 0.15) is 11.1 Å². The molecule has 0 unspecified atom stereocenters. The molecule has 0 spiro atoms. The first-order valence-corrected chi connectivity index (χ1v) is 2.98. The van der Waals surface area contributed by atoms with Gasteiger partial charge in [0.25, 0.3) is 0 Å². The molecule has 0 aliphatic heterocycles. The topological polar surface area (TPSA) is 43.1 Å². The predicted molar refractivity (Wildman–Crippen MR) is 40.4 cm³/mol. The number of anilines is 1. The molecule has 0 atom stereocenters. The maximum Gasteiger partial charge on any atom is 0.233 e. The van der Waals surface area contributed by atoms with Crippen molar-refractivity contribution in [1.29, 1.82) is 0 Å². The van der Waals surface area contributed by atoms with E-state index in [1.807, 2.05) is 6.92 Å². The Morgan fingerprint density at radius 1 is 1.50 bits per heavy atom. The zero-order valence-electron chi connectivity index (χ0n) is 5.72. The lowest BCUT2D eigenvalue weighted by molar-refractivity contribution is 0.562. The van der Waals surface area contributed by atoms with E-state index in [1.54, 1.807) is 24.5 Å². The molecular formula is C8H8NO. The number of rotatable bonds is 1. The second kappa shape index (κ2) is 2.52. The summed E-state index contributed by atoms with van der Waals surface area (Å²) in [5.74, 6) is 0. The van der Waals surface area contributed by atoms with Gasteiger partial charge < -0.3 is 5.73 Å². The van der Waals surface area contributed by atoms with Gasteiger partial charge in [0.05, 0.1) is 0 Å². The summed E-state index contributed by atoms with van der Waals surface area (Å²) in [5.41, 5.74) is 7.69. The van der Waals surface area contributed by atoms with Crippen LogP contribution in [0.4, 0.5) is 5.69 Å². The fourth-order valence-electron chi connectivity index (χ4n) is 0.739. The van der Waals surface area contributed by atoms with Crippen molar-refractivity contribution in [3.8, 4) is 0 Å². The molecule has 0 heterocycles. The molecule has 0 fully saturated rings. The largest absolute Gasteiger partial charge is 0.399 e. The van der Waals surface area contributed by atoms with Crippen LogP contribution >= 0.6 is 0 Å². The summed E-state index contributed by atoms with van der Waals surface area (Å²) >= 11 is 0. The van der Waals surface area contributed by atoms with Gasteiger partial charge in [-0.2, -0.15) is 0 Å². The summed E-state index contributed by atoms with van der Waals surface area (Å²) < 4.78 is 0. The lowest BCUT2D eigenvalue weighted by Gasteiger charge is -1.97. The Hall–Kier alpha value is -1.31. The van der Waals surface area contributed by atoms with Crippen LogP contribution in [-0.2, 0) is 4.79 Å². The summed E-state index contributed by atoms with van der Waals surface area (Å²) in [4.78, 5) is 10.1. The number of aryl methyl sites for hydroxylation is 1. The Kier molecular flexibility index (Phi) is 1.71. The first-order chi connectivity index (χ1) is 4.74. The van der Waals surface area contributed by atoms with Gasteiger partial charge >= 0.3 is 0 Å². The summed E-state index contributed by atoms with van der Waals surface area (Å²) in [6.45, 7) is 1.86. The maximum absolute atomic E-state index is 10.1. The van der Waals surface area contributed by atoms with Crippen molar-refractivity contribution in [2.45, 2.75) is 6.92 Å². The highest BCUT2D eigenvalue weighted by Gasteiger charge is 1.94. The minimum absolute atomic E-state index is 0.548. The number of nitrogen functional groups attached to an aromatic ring is 1. The Balaban J connectivity index is 3.16. The molecule has 2 heteroatoms. The van der Waals surface area contributed by atoms with Crippen molar-refractivity contribution in [1.82, 2.24) is 0 Å². The normalized spacial score (nSPS) is 9.30. The van der Waals surface area contributed by atoms with Crippen molar-refractivity contribution in [3.05, 3.63) is 29.3 Å². The van der Waals surface area contributed by atoms with Gasteiger partial charge in [-0.25, -0.2) is 0 Å². The maximum atomic E-state index is 10.1. The third-order valence-electron chi connectivity index (χ3n) is 1.39. The Bertz CT molecular complexity index is 255. The number of hydrogen-bond acceptors (Lipinski definition) is 2. The zero-order chi connectivity index (χ0) is 7.56. The number of carbonyl (C=O) groups excluding carboxylic acids is 1. The summed E-state index contributed by atoms with van der Waals surface area (Å²) in [6, 6.07) is 5.06. The van der Waals surface area contributed by atoms with E-state index in [1.165, 1.54) is 0 Å². The van der Waals surface area contributed by atoms with Gasteiger partial charge in [-0.05, 0) is 30.7 Å². The number of benzene rings is 1. The molecule has 10 heavy (non-hydrogen) atoms. The van der Waals surface area contributed by atoms with Crippen LogP contribution in [0.25, 0.3) is 0 Å². The molecule has 0 bridgehead atoms. The van der Waals surface area contributed by atoms with E-state index in [9.17, 15) is 4.79 Å². The Morgan fingerprint density at radius 2 is 2.20 bits per heavy atom. The van der Waals surface area contributed by atoms with E-state index in [0.29, 0.717) is 11.3 Å². The van der Waals surface area contributed by atoms with Crippen LogP contribution in [-0.4, -0.2) is 6.29 Å². The molecule has 2 N–H and O–H groups in total. The minimum atomic E-state index is 0.548. The molecule has 0 aliphatic rings. The van der Waals surface area contributed by atoms with Crippen molar-refractivity contribution >= 4 is 12.0 Å². The molecule has 1 rings (SSSR count). The van der Waals surface area contributed by atoms with Crippen LogP contribution in [0, 0.1) is 6.92 Å². The lowest BCUT2D eigenvalue weighted by atomic mass is 10.1. The summed E-state index contributed by atoms with van der Waals surface area (Å²) in [5, 5.41) is 0. The average molecular weight is 134 g/mol. The molecule has 0 saturated carbocycles. The van der Waals surface area contributed by atoms with Crippen LogP contribution in [0.3, 0.4) is 0 Å². The molecular weight excluding hydrogens is 126 g/mol. The van der Waals surface area contributed by atoms with Gasteiger partial charge in [0, 0.05) is 11.3 Å². The van der Waals surface area contributed by atoms with Gasteiger partial charge in [-0.3, -0.25) is 4.79 Å². The molecule has 1 radical (unpaired) electrons. The van der Waals surface area contributed by atoms with Gasteiger partial charge in [0.2, 0.25) is 6.29 Å². The van der Waals surface area contributed by atoms with E-state index >= 15 is 0 Å². The Labute approximate surface area is 59.7 Å². The van der Waals surface area contributed by atoms with Crippen LogP contribution in [0.15, 0.2) is 18.2 Å². The van der Waals surface area contributed by atoms with Gasteiger partial charge in [-0.15, -0.1) is 0 Å². The van der Waals surface area contributed by atoms with E-state index in [4.69, 9.17) is 5.73 Å². The minimum Gasteiger partial charge on any atom is -0.399 e. The molecule has 0 aliphatic carbocycles. The monoisotopic (exact) mass is 134 g/mol.